The Morgan fingerprint density at radius 1 is 1.13 bits per heavy atom. The molecule has 1 aliphatic rings. The lowest BCUT2D eigenvalue weighted by molar-refractivity contribution is 0.0730. The molecule has 3 N–H and O–H groups in total. The number of urea groups is 1. The monoisotopic (exact) mass is 582 g/mol. The molecule has 8 nitrogen and oxygen atoms in total. The number of pyridine rings is 1. The van der Waals surface area contributed by atoms with Gasteiger partial charge in [-0.3, -0.25) is 10.1 Å². The fourth-order valence-electron chi connectivity index (χ4n) is 4.17. The molecule has 1 fully saturated rings. The molecule has 2 amide bonds. The molecule has 0 saturated heterocycles. The van der Waals surface area contributed by atoms with E-state index in [1.54, 1.807) is 36.5 Å². The summed E-state index contributed by atoms with van der Waals surface area (Å²) in [7, 11) is 0. The van der Waals surface area contributed by atoms with E-state index in [4.69, 9.17) is 4.74 Å². The van der Waals surface area contributed by atoms with Gasteiger partial charge in [-0.05, 0) is 78.2 Å². The van der Waals surface area contributed by atoms with Gasteiger partial charge in [-0.1, -0.05) is 13.0 Å². The summed E-state index contributed by atoms with van der Waals surface area (Å²) < 4.78 is 21.7. The van der Waals surface area contributed by atoms with Crippen molar-refractivity contribution in [3.05, 3.63) is 81.7 Å². The number of ketones is 1. The van der Waals surface area contributed by atoms with Crippen LogP contribution in [0.4, 0.5) is 20.7 Å². The summed E-state index contributed by atoms with van der Waals surface area (Å²) in [4.78, 5) is 42.6. The zero-order valence-corrected chi connectivity index (χ0v) is 22.6. The number of hydrogen-bond acceptors (Lipinski definition) is 6. The van der Waals surface area contributed by atoms with Crippen LogP contribution in [0.25, 0.3) is 0 Å². The standard InChI is InChI=1S/C28H28BrFN4O4/c1-3-6-23(35)19-10-11-21(30)25(26(19)38-27(36)16-7-5-8-18(13-16)31-4-2)20-14-22(20)33-28(37)34-24-12-9-17(29)15-32-24/h5,7-13,15,20,22,31H,3-4,6,14H2,1-2H3,(H2,32,33,34,37). The number of amides is 2. The SMILES string of the molecule is CCCC(=O)c1ccc(F)c(C2CC2NC(=O)Nc2ccc(Br)cn2)c1OC(=O)c1cccc(NCC)c1. The minimum Gasteiger partial charge on any atom is -0.422 e. The largest absolute Gasteiger partial charge is 0.422 e. The molecule has 2 aromatic carbocycles. The van der Waals surface area contributed by atoms with Gasteiger partial charge in [-0.25, -0.2) is 19.0 Å². The first-order valence-corrected chi connectivity index (χ1v) is 13.2. The summed E-state index contributed by atoms with van der Waals surface area (Å²) in [6, 6.07) is 11.8. The van der Waals surface area contributed by atoms with E-state index < -0.39 is 29.8 Å². The topological polar surface area (TPSA) is 109 Å². The van der Waals surface area contributed by atoms with Crippen LogP contribution in [0.1, 0.15) is 65.3 Å². The van der Waals surface area contributed by atoms with E-state index in [0.717, 1.165) is 10.2 Å². The van der Waals surface area contributed by atoms with Crippen molar-refractivity contribution >= 4 is 45.2 Å². The number of carbonyl (C=O) groups excluding carboxylic acids is 3. The lowest BCUT2D eigenvalue weighted by Crippen LogP contribution is -2.31. The minimum atomic E-state index is -0.702. The van der Waals surface area contributed by atoms with Crippen LogP contribution in [0.2, 0.25) is 0 Å². The third-order valence-electron chi connectivity index (χ3n) is 6.04. The highest BCUT2D eigenvalue weighted by atomic mass is 79.9. The predicted molar refractivity (Wildman–Crippen MR) is 146 cm³/mol. The van der Waals surface area contributed by atoms with Crippen molar-refractivity contribution in [2.75, 3.05) is 17.2 Å². The van der Waals surface area contributed by atoms with Gasteiger partial charge < -0.3 is 15.4 Å². The van der Waals surface area contributed by atoms with Crippen LogP contribution in [-0.2, 0) is 0 Å². The molecule has 2 unspecified atom stereocenters. The number of hydrogen-bond donors (Lipinski definition) is 3. The molecule has 3 aromatic rings. The van der Waals surface area contributed by atoms with E-state index >= 15 is 4.39 Å². The van der Waals surface area contributed by atoms with Gasteiger partial charge in [0.1, 0.15) is 17.4 Å². The molecule has 1 heterocycles. The molecule has 1 saturated carbocycles. The van der Waals surface area contributed by atoms with E-state index in [-0.39, 0.29) is 34.6 Å². The highest BCUT2D eigenvalue weighted by Crippen LogP contribution is 2.47. The Hall–Kier alpha value is -3.79. The third kappa shape index (κ3) is 6.55. The number of anilines is 2. The fraction of sp³-hybridized carbons (Fsp3) is 0.286. The molecule has 0 aliphatic heterocycles. The van der Waals surface area contributed by atoms with Crippen molar-refractivity contribution in [2.45, 2.75) is 45.1 Å². The number of benzene rings is 2. The third-order valence-corrected chi connectivity index (χ3v) is 6.51. The zero-order valence-electron chi connectivity index (χ0n) is 21.0. The van der Waals surface area contributed by atoms with E-state index in [0.29, 0.717) is 25.2 Å². The Kier molecular flexibility index (Phi) is 8.73. The van der Waals surface area contributed by atoms with Crippen LogP contribution in [-0.4, -0.2) is 35.4 Å². The number of ether oxygens (including phenoxy) is 1. The number of nitrogens with one attached hydrogen (secondary N) is 3. The molecule has 0 radical (unpaired) electrons. The van der Waals surface area contributed by atoms with E-state index in [9.17, 15) is 14.4 Å². The molecule has 198 valence electrons. The Balaban J connectivity index is 1.58. The molecule has 1 aromatic heterocycles. The smallest absolute Gasteiger partial charge is 0.343 e. The van der Waals surface area contributed by atoms with Crippen molar-refractivity contribution in [1.29, 1.82) is 0 Å². The summed E-state index contributed by atoms with van der Waals surface area (Å²) in [5.41, 5.74) is 1.25. The summed E-state index contributed by atoms with van der Waals surface area (Å²) in [5.74, 6) is -1.76. The van der Waals surface area contributed by atoms with Gasteiger partial charge in [-0.2, -0.15) is 0 Å². The molecule has 0 spiro atoms. The first kappa shape index (κ1) is 27.3. The Bertz CT molecular complexity index is 1350. The van der Waals surface area contributed by atoms with Gasteiger partial charge in [0.05, 0.1) is 11.1 Å². The van der Waals surface area contributed by atoms with Crippen LogP contribution in [0.3, 0.4) is 0 Å². The van der Waals surface area contributed by atoms with Gasteiger partial charge in [0.15, 0.2) is 5.78 Å². The van der Waals surface area contributed by atoms with Gasteiger partial charge in [0.25, 0.3) is 0 Å². The van der Waals surface area contributed by atoms with Gasteiger partial charge in [0.2, 0.25) is 0 Å². The van der Waals surface area contributed by atoms with E-state index in [1.807, 2.05) is 19.9 Å². The minimum absolute atomic E-state index is 0.0911. The molecule has 0 bridgehead atoms. The Morgan fingerprint density at radius 3 is 2.66 bits per heavy atom. The maximum Gasteiger partial charge on any atom is 0.343 e. The molecular formula is C28H28BrFN4O4. The second-order valence-electron chi connectivity index (χ2n) is 8.92. The number of esters is 1. The average molecular weight is 583 g/mol. The lowest BCUT2D eigenvalue weighted by atomic mass is 9.99. The molecule has 38 heavy (non-hydrogen) atoms. The van der Waals surface area contributed by atoms with Crippen molar-refractivity contribution in [3.63, 3.8) is 0 Å². The second-order valence-corrected chi connectivity index (χ2v) is 9.84. The summed E-state index contributed by atoms with van der Waals surface area (Å²) in [6.07, 6.45) is 2.78. The quantitative estimate of drug-likeness (QED) is 0.147. The maximum atomic E-state index is 15.2. The molecule has 2 atom stereocenters. The van der Waals surface area contributed by atoms with Gasteiger partial charge in [0, 0.05) is 46.8 Å². The number of nitrogens with zero attached hydrogens (tertiary/aromatic N) is 1. The molecule has 4 rings (SSSR count). The molecule has 10 heteroatoms. The summed E-state index contributed by atoms with van der Waals surface area (Å²) >= 11 is 3.29. The fourth-order valence-corrected chi connectivity index (χ4v) is 4.40. The van der Waals surface area contributed by atoms with E-state index in [1.165, 1.54) is 12.1 Å². The lowest BCUT2D eigenvalue weighted by Gasteiger charge is -2.16. The van der Waals surface area contributed by atoms with Gasteiger partial charge >= 0.3 is 12.0 Å². The second kappa shape index (κ2) is 12.2. The molecule has 1 aliphatic carbocycles. The van der Waals surface area contributed by atoms with Gasteiger partial charge in [-0.15, -0.1) is 0 Å². The van der Waals surface area contributed by atoms with Crippen molar-refractivity contribution < 1.29 is 23.5 Å². The molecular weight excluding hydrogens is 555 g/mol. The van der Waals surface area contributed by atoms with Crippen LogP contribution in [0.15, 0.2) is 59.2 Å². The summed E-state index contributed by atoms with van der Waals surface area (Å²) in [6.45, 7) is 4.47. The van der Waals surface area contributed by atoms with Crippen molar-refractivity contribution in [1.82, 2.24) is 10.3 Å². The van der Waals surface area contributed by atoms with Crippen LogP contribution >= 0.6 is 15.9 Å². The number of aromatic nitrogens is 1. The first-order valence-electron chi connectivity index (χ1n) is 12.4. The number of rotatable bonds is 10. The summed E-state index contributed by atoms with van der Waals surface area (Å²) in [5, 5.41) is 8.57. The number of halogens is 2. The van der Waals surface area contributed by atoms with E-state index in [2.05, 4.69) is 36.9 Å². The van der Waals surface area contributed by atoms with Crippen LogP contribution in [0, 0.1) is 5.82 Å². The van der Waals surface area contributed by atoms with Crippen LogP contribution < -0.4 is 20.7 Å². The van der Waals surface area contributed by atoms with Crippen molar-refractivity contribution in [2.24, 2.45) is 0 Å². The average Bonchev–Trinajstić information content (AvgIpc) is 3.64. The first-order chi connectivity index (χ1) is 18.3. The zero-order chi connectivity index (χ0) is 27.2. The van der Waals surface area contributed by atoms with Crippen molar-refractivity contribution in [3.8, 4) is 5.75 Å². The Labute approximate surface area is 228 Å². The predicted octanol–water partition coefficient (Wildman–Crippen LogP) is 6.29. The maximum absolute atomic E-state index is 15.2. The number of carbonyl (C=O) groups is 3. The highest BCUT2D eigenvalue weighted by molar-refractivity contribution is 9.10. The Morgan fingerprint density at radius 2 is 1.95 bits per heavy atom. The van der Waals surface area contributed by atoms with Crippen LogP contribution in [0.5, 0.6) is 5.75 Å². The normalized spacial score (nSPS) is 15.9. The highest BCUT2D eigenvalue weighted by Gasteiger charge is 2.44. The number of Topliss-reactive ketones (excluding diaryl/α,β-unsaturated/α-hetero) is 1.